The second kappa shape index (κ2) is 2.70. The number of hydrogen-bond donors (Lipinski definition) is 0. The highest BCUT2D eigenvalue weighted by Crippen LogP contribution is 2.09. The van der Waals surface area contributed by atoms with Gasteiger partial charge >= 0.3 is 0 Å². The standard InChI is InChI=1S/C7H11N3/c1-3-7-4-10(5-8)6(2)9-7/h7H,3-4H2,1-2H3. The van der Waals surface area contributed by atoms with Crippen molar-refractivity contribution in [3.63, 3.8) is 0 Å². The monoisotopic (exact) mass is 137 g/mol. The lowest BCUT2D eigenvalue weighted by molar-refractivity contribution is 0.540. The van der Waals surface area contributed by atoms with Crippen molar-refractivity contribution in [1.82, 2.24) is 4.90 Å². The summed E-state index contributed by atoms with van der Waals surface area (Å²) in [7, 11) is 0. The van der Waals surface area contributed by atoms with E-state index in [9.17, 15) is 0 Å². The smallest absolute Gasteiger partial charge is 0.185 e. The van der Waals surface area contributed by atoms with Crippen LogP contribution in [0.15, 0.2) is 4.99 Å². The number of aliphatic imine (C=N–C) groups is 1. The van der Waals surface area contributed by atoms with E-state index in [1.807, 2.05) is 6.92 Å². The molecular formula is C7H11N3. The van der Waals surface area contributed by atoms with Crippen molar-refractivity contribution in [3.8, 4) is 6.19 Å². The van der Waals surface area contributed by atoms with Crippen LogP contribution in [0.5, 0.6) is 0 Å². The molecular weight excluding hydrogens is 126 g/mol. The zero-order valence-electron chi connectivity index (χ0n) is 6.33. The summed E-state index contributed by atoms with van der Waals surface area (Å²) in [6, 6.07) is 0.347. The molecule has 0 aromatic rings. The fourth-order valence-corrected chi connectivity index (χ4v) is 1.05. The molecule has 0 aromatic heterocycles. The summed E-state index contributed by atoms with van der Waals surface area (Å²) in [6.45, 7) is 4.74. The van der Waals surface area contributed by atoms with Gasteiger partial charge in [-0.2, -0.15) is 5.26 Å². The Morgan fingerprint density at radius 3 is 2.90 bits per heavy atom. The number of rotatable bonds is 1. The molecule has 0 spiro atoms. The minimum Gasteiger partial charge on any atom is -0.267 e. The molecule has 0 aliphatic carbocycles. The Kier molecular flexibility index (Phi) is 1.91. The summed E-state index contributed by atoms with van der Waals surface area (Å²) in [5, 5.41) is 8.54. The molecule has 0 bridgehead atoms. The van der Waals surface area contributed by atoms with Gasteiger partial charge in [-0.05, 0) is 13.3 Å². The lowest BCUT2D eigenvalue weighted by Gasteiger charge is -2.05. The molecule has 1 rings (SSSR count). The first-order valence-electron chi connectivity index (χ1n) is 3.49. The maximum Gasteiger partial charge on any atom is 0.185 e. The third-order valence-corrected chi connectivity index (χ3v) is 1.75. The van der Waals surface area contributed by atoms with Gasteiger partial charge in [0.1, 0.15) is 5.84 Å². The van der Waals surface area contributed by atoms with E-state index >= 15 is 0 Å². The molecule has 54 valence electrons. The van der Waals surface area contributed by atoms with Gasteiger partial charge in [0.15, 0.2) is 6.19 Å². The summed E-state index contributed by atoms with van der Waals surface area (Å²) in [5.41, 5.74) is 0. The van der Waals surface area contributed by atoms with Crippen LogP contribution in [0.2, 0.25) is 0 Å². The van der Waals surface area contributed by atoms with Gasteiger partial charge in [0.25, 0.3) is 0 Å². The van der Waals surface area contributed by atoms with E-state index in [0.29, 0.717) is 6.04 Å². The van der Waals surface area contributed by atoms with Crippen LogP contribution in [-0.4, -0.2) is 23.3 Å². The maximum atomic E-state index is 8.54. The zero-order chi connectivity index (χ0) is 7.56. The van der Waals surface area contributed by atoms with Crippen molar-refractivity contribution in [2.45, 2.75) is 26.3 Å². The van der Waals surface area contributed by atoms with E-state index in [-0.39, 0.29) is 0 Å². The molecule has 0 saturated heterocycles. The van der Waals surface area contributed by atoms with Gasteiger partial charge in [0, 0.05) is 0 Å². The Morgan fingerprint density at radius 2 is 2.60 bits per heavy atom. The Balaban J connectivity index is 2.61. The first-order chi connectivity index (χ1) is 4.77. The average Bonchev–Trinajstić information content (AvgIpc) is 2.30. The molecule has 0 fully saturated rings. The molecule has 0 saturated carbocycles. The minimum atomic E-state index is 0.347. The molecule has 10 heavy (non-hydrogen) atoms. The summed E-state index contributed by atoms with van der Waals surface area (Å²) >= 11 is 0. The molecule has 1 atom stereocenters. The Bertz CT molecular complexity index is 190. The van der Waals surface area contributed by atoms with Gasteiger partial charge in [-0.3, -0.25) is 9.89 Å². The van der Waals surface area contributed by atoms with Crippen LogP contribution in [0.1, 0.15) is 20.3 Å². The highest BCUT2D eigenvalue weighted by molar-refractivity contribution is 5.82. The molecule has 0 amide bonds. The van der Waals surface area contributed by atoms with E-state index in [1.54, 1.807) is 4.90 Å². The van der Waals surface area contributed by atoms with Crippen LogP contribution in [0.4, 0.5) is 0 Å². The Hall–Kier alpha value is -1.04. The van der Waals surface area contributed by atoms with Crippen molar-refractivity contribution in [2.75, 3.05) is 6.54 Å². The summed E-state index contributed by atoms with van der Waals surface area (Å²) in [5.74, 6) is 0.856. The van der Waals surface area contributed by atoms with Gasteiger partial charge in [0.05, 0.1) is 12.6 Å². The molecule has 0 N–H and O–H groups in total. The quantitative estimate of drug-likeness (QED) is 0.505. The van der Waals surface area contributed by atoms with Gasteiger partial charge in [-0.1, -0.05) is 6.92 Å². The molecule has 0 aromatic carbocycles. The molecule has 1 unspecified atom stereocenters. The van der Waals surface area contributed by atoms with Crippen LogP contribution >= 0.6 is 0 Å². The highest BCUT2D eigenvalue weighted by atomic mass is 15.2. The first-order valence-corrected chi connectivity index (χ1v) is 3.49. The summed E-state index contributed by atoms with van der Waals surface area (Å²) in [6.07, 6.45) is 3.10. The second-order valence-corrected chi connectivity index (χ2v) is 2.45. The molecule has 1 aliphatic rings. The van der Waals surface area contributed by atoms with Gasteiger partial charge in [-0.15, -0.1) is 0 Å². The molecule has 1 heterocycles. The second-order valence-electron chi connectivity index (χ2n) is 2.45. The van der Waals surface area contributed by atoms with E-state index < -0.39 is 0 Å². The topological polar surface area (TPSA) is 39.4 Å². The van der Waals surface area contributed by atoms with Gasteiger partial charge in [0.2, 0.25) is 0 Å². The van der Waals surface area contributed by atoms with Crippen LogP contribution in [0.25, 0.3) is 0 Å². The third-order valence-electron chi connectivity index (χ3n) is 1.75. The predicted octanol–water partition coefficient (Wildman–Crippen LogP) is 0.980. The zero-order valence-corrected chi connectivity index (χ0v) is 6.33. The normalized spacial score (nSPS) is 24.3. The third kappa shape index (κ3) is 1.10. The van der Waals surface area contributed by atoms with Crippen LogP contribution in [0.3, 0.4) is 0 Å². The highest BCUT2D eigenvalue weighted by Gasteiger charge is 2.19. The number of hydrogen-bond acceptors (Lipinski definition) is 3. The van der Waals surface area contributed by atoms with Crippen molar-refractivity contribution < 1.29 is 0 Å². The molecule has 3 nitrogen and oxygen atoms in total. The Labute approximate surface area is 61.0 Å². The SMILES string of the molecule is CCC1CN(C#N)C(C)=N1. The van der Waals surface area contributed by atoms with E-state index in [0.717, 1.165) is 18.8 Å². The maximum absolute atomic E-state index is 8.54. The van der Waals surface area contributed by atoms with Gasteiger partial charge < -0.3 is 0 Å². The minimum absolute atomic E-state index is 0.347. The van der Waals surface area contributed by atoms with E-state index in [2.05, 4.69) is 18.1 Å². The molecule has 0 radical (unpaired) electrons. The predicted molar refractivity (Wildman–Crippen MR) is 39.5 cm³/mol. The Morgan fingerprint density at radius 1 is 1.90 bits per heavy atom. The number of amidine groups is 1. The largest absolute Gasteiger partial charge is 0.267 e. The van der Waals surface area contributed by atoms with Crippen molar-refractivity contribution in [1.29, 1.82) is 5.26 Å². The summed E-state index contributed by atoms with van der Waals surface area (Å²) < 4.78 is 0. The average molecular weight is 137 g/mol. The fraction of sp³-hybridized carbons (Fsp3) is 0.714. The van der Waals surface area contributed by atoms with Crippen molar-refractivity contribution >= 4 is 5.84 Å². The summed E-state index contributed by atoms with van der Waals surface area (Å²) in [4.78, 5) is 5.91. The molecule has 3 heteroatoms. The van der Waals surface area contributed by atoms with Crippen molar-refractivity contribution in [2.24, 2.45) is 4.99 Å². The number of nitrogens with zero attached hydrogens (tertiary/aromatic N) is 3. The lowest BCUT2D eigenvalue weighted by atomic mass is 10.2. The van der Waals surface area contributed by atoms with E-state index in [1.165, 1.54) is 0 Å². The van der Waals surface area contributed by atoms with Crippen LogP contribution in [-0.2, 0) is 0 Å². The van der Waals surface area contributed by atoms with Crippen LogP contribution < -0.4 is 0 Å². The number of nitriles is 1. The van der Waals surface area contributed by atoms with Gasteiger partial charge in [-0.25, -0.2) is 0 Å². The fourth-order valence-electron chi connectivity index (χ4n) is 1.05. The van der Waals surface area contributed by atoms with Crippen LogP contribution in [0, 0.1) is 11.5 Å². The first kappa shape index (κ1) is 7.07. The molecule has 1 aliphatic heterocycles. The van der Waals surface area contributed by atoms with E-state index in [4.69, 9.17) is 5.26 Å². The lowest BCUT2D eigenvalue weighted by Crippen LogP contribution is -2.21. The van der Waals surface area contributed by atoms with Crippen molar-refractivity contribution in [3.05, 3.63) is 0 Å².